The molecule has 0 N–H and O–H groups in total. The van der Waals surface area contributed by atoms with Crippen LogP contribution in [0.15, 0.2) is 27.6 Å². The van der Waals surface area contributed by atoms with Gasteiger partial charge in [-0.3, -0.25) is 9.59 Å². The first-order valence-electron chi connectivity index (χ1n) is 4.61. The summed E-state index contributed by atoms with van der Waals surface area (Å²) in [6.07, 6.45) is 1.46. The highest BCUT2D eigenvalue weighted by atomic mass is 79.9. The van der Waals surface area contributed by atoms with Gasteiger partial charge >= 0.3 is 11.9 Å². The second-order valence-corrected chi connectivity index (χ2v) is 3.97. The molecule has 0 fully saturated rings. The van der Waals surface area contributed by atoms with Gasteiger partial charge in [0.25, 0.3) is 5.56 Å². The molecule has 6 nitrogen and oxygen atoms in total. The Hall–Kier alpha value is -1.63. The van der Waals surface area contributed by atoms with E-state index in [1.165, 1.54) is 23.9 Å². The van der Waals surface area contributed by atoms with E-state index in [1.807, 2.05) is 0 Å². The van der Waals surface area contributed by atoms with Crippen LogP contribution in [0.5, 0.6) is 0 Å². The lowest BCUT2D eigenvalue weighted by molar-refractivity contribution is -0.157. The van der Waals surface area contributed by atoms with Crippen molar-refractivity contribution < 1.29 is 19.1 Å². The molecule has 0 aliphatic heterocycles. The maximum atomic E-state index is 11.3. The first-order valence-corrected chi connectivity index (χ1v) is 5.40. The van der Waals surface area contributed by atoms with Crippen molar-refractivity contribution in [2.45, 2.75) is 6.54 Å². The van der Waals surface area contributed by atoms with Gasteiger partial charge in [0.1, 0.15) is 6.54 Å². The Morgan fingerprint density at radius 1 is 1.35 bits per heavy atom. The van der Waals surface area contributed by atoms with Gasteiger partial charge in [-0.05, 0) is 22.0 Å². The zero-order valence-corrected chi connectivity index (χ0v) is 10.6. The van der Waals surface area contributed by atoms with Crippen LogP contribution < -0.4 is 5.56 Å². The van der Waals surface area contributed by atoms with Gasteiger partial charge in [-0.15, -0.1) is 0 Å². The number of halogens is 1. The molecule has 1 aromatic heterocycles. The Bertz CT molecular complexity index is 482. The summed E-state index contributed by atoms with van der Waals surface area (Å²) in [5, 5.41) is 0. The third-order valence-corrected chi connectivity index (χ3v) is 2.29. The van der Waals surface area contributed by atoms with Crippen molar-refractivity contribution >= 4 is 27.9 Å². The molecule has 1 rings (SSSR count). The molecular formula is C10H10BrNO5. The summed E-state index contributed by atoms with van der Waals surface area (Å²) >= 11 is 3.17. The van der Waals surface area contributed by atoms with E-state index in [1.54, 1.807) is 6.07 Å². The Kier molecular flexibility index (Phi) is 4.89. The quantitative estimate of drug-likeness (QED) is 0.749. The number of hydrogen-bond acceptors (Lipinski definition) is 5. The summed E-state index contributed by atoms with van der Waals surface area (Å²) in [5.74, 6) is -1.34. The molecule has 0 saturated heterocycles. The molecule has 17 heavy (non-hydrogen) atoms. The van der Waals surface area contributed by atoms with Crippen molar-refractivity contribution in [3.05, 3.63) is 33.2 Å². The van der Waals surface area contributed by atoms with Gasteiger partial charge in [-0.1, -0.05) is 0 Å². The monoisotopic (exact) mass is 303 g/mol. The number of carbonyl (C=O) groups is 2. The molecule has 0 aromatic carbocycles. The van der Waals surface area contributed by atoms with Gasteiger partial charge in [0.05, 0.1) is 7.11 Å². The number of aromatic nitrogens is 1. The number of rotatable bonds is 4. The average Bonchev–Trinajstić information content (AvgIpc) is 2.30. The number of hydrogen-bond donors (Lipinski definition) is 0. The summed E-state index contributed by atoms with van der Waals surface area (Å²) < 4.78 is 10.7. The molecule has 0 unspecified atom stereocenters. The summed E-state index contributed by atoms with van der Waals surface area (Å²) in [7, 11) is 1.19. The third-order valence-electron chi connectivity index (χ3n) is 1.83. The summed E-state index contributed by atoms with van der Waals surface area (Å²) in [4.78, 5) is 33.3. The fraction of sp³-hybridized carbons (Fsp3) is 0.300. The molecule has 0 atom stereocenters. The number of pyridine rings is 1. The van der Waals surface area contributed by atoms with Crippen molar-refractivity contribution in [1.29, 1.82) is 0 Å². The molecule has 0 spiro atoms. The van der Waals surface area contributed by atoms with Gasteiger partial charge in [0.15, 0.2) is 6.61 Å². The number of methoxy groups -OCH3 is 1. The average molecular weight is 304 g/mol. The highest BCUT2D eigenvalue weighted by Gasteiger charge is 2.09. The zero-order chi connectivity index (χ0) is 12.8. The molecule has 1 heterocycles. The second-order valence-electron chi connectivity index (χ2n) is 3.05. The molecule has 92 valence electrons. The van der Waals surface area contributed by atoms with Crippen molar-refractivity contribution in [1.82, 2.24) is 4.57 Å². The first kappa shape index (κ1) is 13.4. The molecule has 0 radical (unpaired) electrons. The molecule has 1 aromatic rings. The van der Waals surface area contributed by atoms with E-state index in [0.29, 0.717) is 4.47 Å². The molecule has 0 aliphatic rings. The van der Waals surface area contributed by atoms with Crippen LogP contribution in [-0.4, -0.2) is 30.2 Å². The van der Waals surface area contributed by atoms with Crippen molar-refractivity contribution in [3.63, 3.8) is 0 Å². The van der Waals surface area contributed by atoms with Crippen LogP contribution >= 0.6 is 15.9 Å². The van der Waals surface area contributed by atoms with Crippen molar-refractivity contribution in [2.75, 3.05) is 13.7 Å². The van der Waals surface area contributed by atoms with Crippen LogP contribution in [-0.2, 0) is 25.6 Å². The van der Waals surface area contributed by atoms with Crippen LogP contribution in [0.3, 0.4) is 0 Å². The Labute approximate surface area is 105 Å². The minimum atomic E-state index is -0.685. The van der Waals surface area contributed by atoms with Gasteiger partial charge in [0, 0.05) is 16.7 Å². The highest BCUT2D eigenvalue weighted by Crippen LogP contribution is 2.04. The van der Waals surface area contributed by atoms with Gasteiger partial charge in [0.2, 0.25) is 0 Å². The fourth-order valence-electron chi connectivity index (χ4n) is 1.01. The fourth-order valence-corrected chi connectivity index (χ4v) is 1.39. The molecule has 0 saturated carbocycles. The number of ether oxygens (including phenoxy) is 2. The number of nitrogens with zero attached hydrogens (tertiary/aromatic N) is 1. The normalized spacial score (nSPS) is 9.76. The predicted octanol–water partition coefficient (Wildman–Crippen LogP) is 0.327. The third kappa shape index (κ3) is 4.39. The standard InChI is InChI=1S/C10H10BrNO5/c1-16-10(15)6-17-9(14)5-12-4-7(11)2-3-8(12)13/h2-4H,5-6H2,1H3. The van der Waals surface area contributed by atoms with Crippen molar-refractivity contribution in [2.24, 2.45) is 0 Å². The SMILES string of the molecule is COC(=O)COC(=O)Cn1cc(Br)ccc1=O. The van der Waals surface area contributed by atoms with Crippen molar-refractivity contribution in [3.8, 4) is 0 Å². The first-order chi connectivity index (χ1) is 8.02. The van der Waals surface area contributed by atoms with Crippen LogP contribution in [0.1, 0.15) is 0 Å². The molecule has 0 aliphatic carbocycles. The van der Waals surface area contributed by atoms with E-state index in [-0.39, 0.29) is 12.1 Å². The van der Waals surface area contributed by atoms with Gasteiger partial charge in [-0.25, -0.2) is 4.79 Å². The van der Waals surface area contributed by atoms with E-state index in [4.69, 9.17) is 0 Å². The van der Waals surface area contributed by atoms with Gasteiger partial charge in [-0.2, -0.15) is 0 Å². The molecule has 0 bridgehead atoms. The predicted molar refractivity (Wildman–Crippen MR) is 61.4 cm³/mol. The minimum Gasteiger partial charge on any atom is -0.466 e. The lowest BCUT2D eigenvalue weighted by Gasteiger charge is -2.06. The van der Waals surface area contributed by atoms with E-state index in [9.17, 15) is 14.4 Å². The highest BCUT2D eigenvalue weighted by molar-refractivity contribution is 9.10. The Balaban J connectivity index is 2.59. The van der Waals surface area contributed by atoms with Crippen LogP contribution in [0.2, 0.25) is 0 Å². The lowest BCUT2D eigenvalue weighted by Crippen LogP contribution is -2.25. The smallest absolute Gasteiger partial charge is 0.344 e. The molecule has 0 amide bonds. The Morgan fingerprint density at radius 3 is 2.71 bits per heavy atom. The topological polar surface area (TPSA) is 74.6 Å². The van der Waals surface area contributed by atoms with E-state index < -0.39 is 18.5 Å². The van der Waals surface area contributed by atoms with Crippen LogP contribution in [0.4, 0.5) is 0 Å². The minimum absolute atomic E-state index is 0.255. The number of carbonyl (C=O) groups excluding carboxylic acids is 2. The zero-order valence-electron chi connectivity index (χ0n) is 9.01. The largest absolute Gasteiger partial charge is 0.466 e. The Morgan fingerprint density at radius 2 is 2.06 bits per heavy atom. The summed E-state index contributed by atoms with van der Waals surface area (Å²) in [5.41, 5.74) is -0.330. The van der Waals surface area contributed by atoms with Crippen LogP contribution in [0.25, 0.3) is 0 Å². The van der Waals surface area contributed by atoms with E-state index in [0.717, 1.165) is 0 Å². The second kappa shape index (κ2) is 6.19. The van der Waals surface area contributed by atoms with E-state index in [2.05, 4.69) is 25.4 Å². The summed E-state index contributed by atoms with van der Waals surface area (Å²) in [6.45, 7) is -0.715. The van der Waals surface area contributed by atoms with Crippen LogP contribution in [0, 0.1) is 0 Å². The number of esters is 2. The maximum absolute atomic E-state index is 11.3. The lowest BCUT2D eigenvalue weighted by atomic mass is 10.4. The van der Waals surface area contributed by atoms with Gasteiger partial charge < -0.3 is 14.0 Å². The summed E-state index contributed by atoms with van der Waals surface area (Å²) in [6, 6.07) is 2.89. The van der Waals surface area contributed by atoms with E-state index >= 15 is 0 Å². The maximum Gasteiger partial charge on any atom is 0.344 e. The molecular weight excluding hydrogens is 294 g/mol. The molecule has 7 heteroatoms.